The average Bonchev–Trinajstić information content (AvgIpc) is 0.965. The van der Waals surface area contributed by atoms with Crippen molar-refractivity contribution in [2.24, 2.45) is 0 Å². The summed E-state index contributed by atoms with van der Waals surface area (Å²) in [5, 5.41) is 9.79. The van der Waals surface area contributed by atoms with E-state index in [1.54, 1.807) is 0 Å². The molecule has 0 spiro atoms. The number of allylic oxidation sites excluding steroid dienone is 38. The summed E-state index contributed by atoms with van der Waals surface area (Å²) in [7, 11) is 5.97. The molecule has 0 radical (unpaired) electrons. The van der Waals surface area contributed by atoms with Crippen LogP contribution in [0.2, 0.25) is 0 Å². The second-order valence-corrected chi connectivity index (χ2v) is 28.7. The van der Waals surface area contributed by atoms with E-state index in [0.717, 1.165) is 167 Å². The van der Waals surface area contributed by atoms with Gasteiger partial charge in [-0.25, -0.2) is 4.79 Å². The first-order valence-corrected chi connectivity index (χ1v) is 42.5. The number of hydrogen-bond acceptors (Lipinski definition) is 7. The summed E-state index contributed by atoms with van der Waals surface area (Å²) >= 11 is 0. The molecule has 0 aromatic rings. The Morgan fingerprint density at radius 3 is 0.748 bits per heavy atom. The lowest BCUT2D eigenvalue weighted by Gasteiger charge is -2.25. The van der Waals surface area contributed by atoms with Crippen LogP contribution in [-0.4, -0.2) is 87.4 Å². The number of esters is 2. The maximum atomic E-state index is 13.0. The van der Waals surface area contributed by atoms with Crippen molar-refractivity contribution in [2.45, 2.75) is 322 Å². The molecule has 9 heteroatoms. The Bertz CT molecular complexity index is 2630. The zero-order chi connectivity index (χ0) is 77.4. The van der Waals surface area contributed by atoms with Crippen molar-refractivity contribution < 1.29 is 42.9 Å². The van der Waals surface area contributed by atoms with Crippen molar-refractivity contribution >= 4 is 17.9 Å². The first-order valence-electron chi connectivity index (χ1n) is 42.5. The van der Waals surface area contributed by atoms with Crippen LogP contribution in [0.3, 0.4) is 0 Å². The smallest absolute Gasteiger partial charge is 0.361 e. The van der Waals surface area contributed by atoms with E-state index in [1.165, 1.54) is 109 Å². The molecule has 0 aromatic carbocycles. The van der Waals surface area contributed by atoms with Gasteiger partial charge < -0.3 is 28.5 Å². The average molecular weight is 1480 g/mol. The maximum Gasteiger partial charge on any atom is 0.361 e. The molecule has 0 aliphatic heterocycles. The fraction of sp³-hybridized carbons (Fsp3) is 0.582. The third-order valence-electron chi connectivity index (χ3n) is 17.4. The van der Waals surface area contributed by atoms with Crippen LogP contribution in [0, 0.1) is 0 Å². The number of likely N-dealkylation sites (N-methyl/N-ethyl adjacent to an activating group) is 1. The number of aliphatic carboxylic acids is 1. The number of carboxylic acids is 1. The highest BCUT2D eigenvalue weighted by Crippen LogP contribution is 2.17. The normalized spacial score (nSPS) is 13.8. The van der Waals surface area contributed by atoms with Crippen LogP contribution in [0.1, 0.15) is 309 Å². The fourth-order valence-corrected chi connectivity index (χ4v) is 11.0. The zero-order valence-corrected chi connectivity index (χ0v) is 68.7. The van der Waals surface area contributed by atoms with Crippen LogP contribution in [0.25, 0.3) is 0 Å². The molecule has 0 aliphatic carbocycles. The predicted molar refractivity (Wildman–Crippen MR) is 464 cm³/mol. The van der Waals surface area contributed by atoms with Crippen molar-refractivity contribution in [3.8, 4) is 0 Å². The number of carbonyl (C=O) groups excluding carboxylic acids is 2. The van der Waals surface area contributed by atoms with E-state index in [-0.39, 0.29) is 38.6 Å². The number of ether oxygens (including phenoxy) is 4. The summed E-state index contributed by atoms with van der Waals surface area (Å²) < 4.78 is 23.0. The van der Waals surface area contributed by atoms with Crippen molar-refractivity contribution in [2.75, 3.05) is 47.5 Å². The highest BCUT2D eigenvalue weighted by molar-refractivity contribution is 5.71. The lowest BCUT2D eigenvalue weighted by Crippen LogP contribution is -2.40. The maximum absolute atomic E-state index is 13.0. The van der Waals surface area contributed by atoms with Crippen molar-refractivity contribution in [1.29, 1.82) is 0 Å². The number of rotatable bonds is 76. The molecular formula is C98H156NO8+. The Labute approximate surface area is 657 Å². The van der Waals surface area contributed by atoms with Gasteiger partial charge in [-0.2, -0.15) is 0 Å². The number of hydrogen-bond donors (Lipinski definition) is 1. The van der Waals surface area contributed by atoms with Crippen LogP contribution >= 0.6 is 0 Å². The van der Waals surface area contributed by atoms with Gasteiger partial charge in [-0.15, -0.1) is 0 Å². The number of nitrogens with zero attached hydrogens (tertiary/aromatic N) is 1. The van der Waals surface area contributed by atoms with Gasteiger partial charge >= 0.3 is 17.9 Å². The molecule has 107 heavy (non-hydrogen) atoms. The minimum atomic E-state index is -1.53. The Morgan fingerprint density at radius 2 is 0.505 bits per heavy atom. The molecule has 0 bridgehead atoms. The molecule has 0 fully saturated rings. The Kier molecular flexibility index (Phi) is 79.7. The van der Waals surface area contributed by atoms with Gasteiger partial charge in [0.25, 0.3) is 6.29 Å². The van der Waals surface area contributed by atoms with E-state index in [9.17, 15) is 19.5 Å². The van der Waals surface area contributed by atoms with Gasteiger partial charge in [0.15, 0.2) is 6.10 Å². The standard InChI is InChI=1S/C98H155NO8/c1-6-8-10-12-14-16-18-20-22-24-26-28-30-32-34-36-38-40-42-44-46-48-50-52-54-56-58-60-62-64-66-68-70-72-74-76-78-80-82-84-86-88-95(100)105-92-94(93-106-98(97(102)103)104-91-90-99(3,4)5)107-96(101)89-87-85-83-81-79-77-75-73-71-69-67-65-63-61-59-57-55-53-51-49-47-45-43-41-39-37-35-33-31-29-27-25-23-21-19-17-15-13-11-9-7-2/h8-11,14-17,20-23,26-29,32-35,38-41,44-47,50-53,56-59,63,65,94,98H,6-7,12-13,18-19,24-25,30-31,36-37,42-43,48-49,54-55,60-62,64,66-93H2,1-5H3/p+1/b10-8-,11-9-,16-14-,17-15-,22-20-,23-21-,28-26-,29-27-,34-32-,35-33-,40-38-,41-39-,46-44-,47-45-,52-50-,53-51-,58-56-,59-57-,65-63-. The molecule has 0 heterocycles. The number of unbranched alkanes of at least 4 members (excludes halogenated alkanes) is 23. The van der Waals surface area contributed by atoms with Gasteiger partial charge in [-0.1, -0.05) is 367 Å². The topological polar surface area (TPSA) is 108 Å². The fourth-order valence-electron chi connectivity index (χ4n) is 11.0. The Hall–Kier alpha value is -6.65. The van der Waals surface area contributed by atoms with Gasteiger partial charge in [-0.3, -0.25) is 9.59 Å². The van der Waals surface area contributed by atoms with Crippen LogP contribution in [-0.2, 0) is 33.3 Å². The first-order chi connectivity index (χ1) is 52.6. The lowest BCUT2D eigenvalue weighted by molar-refractivity contribution is -0.870. The quantitative estimate of drug-likeness (QED) is 0.0211. The Balaban J connectivity index is 4.11. The van der Waals surface area contributed by atoms with E-state index in [0.29, 0.717) is 17.4 Å². The van der Waals surface area contributed by atoms with Crippen molar-refractivity contribution in [3.05, 3.63) is 231 Å². The van der Waals surface area contributed by atoms with Crippen molar-refractivity contribution in [1.82, 2.24) is 0 Å². The van der Waals surface area contributed by atoms with E-state index >= 15 is 0 Å². The van der Waals surface area contributed by atoms with E-state index in [4.69, 9.17) is 18.9 Å². The van der Waals surface area contributed by atoms with Crippen LogP contribution in [0.4, 0.5) is 0 Å². The molecule has 0 saturated carbocycles. The summed E-state index contributed by atoms with van der Waals surface area (Å²) in [6.45, 7) is 4.63. The van der Waals surface area contributed by atoms with E-state index < -0.39 is 24.3 Å². The van der Waals surface area contributed by atoms with E-state index in [2.05, 4.69) is 245 Å². The van der Waals surface area contributed by atoms with Gasteiger partial charge in [0.2, 0.25) is 0 Å². The van der Waals surface area contributed by atoms with E-state index in [1.807, 2.05) is 21.1 Å². The highest BCUT2D eigenvalue weighted by atomic mass is 16.7. The summed E-state index contributed by atoms with van der Waals surface area (Å²) in [6, 6.07) is 0. The molecule has 600 valence electrons. The third kappa shape index (κ3) is 86.5. The van der Waals surface area contributed by atoms with Crippen LogP contribution in [0.5, 0.6) is 0 Å². The SMILES string of the molecule is CC/C=C\C/C=C\C/C=C\C/C=C\C/C=C\C/C=C\C/C=C\C/C=C\C/C=C\C/C=C\CCCCCCCCCCCCC(=O)OC(COC(=O)CCCCCCCCCCCCCCC/C=C\C/C=C\C/C=C\C/C=C\C/C=C\C/C=C\C/C=C\C/C=C\C/C=C\CC)COC(OCC[N+](C)(C)C)C(=O)O. The first kappa shape index (κ1) is 100. The molecule has 2 atom stereocenters. The van der Waals surface area contributed by atoms with Gasteiger partial charge in [-0.05, 0) is 161 Å². The molecular weight excluding hydrogens is 1320 g/mol. The summed E-state index contributed by atoms with van der Waals surface area (Å²) in [6.07, 6.45) is 132. The van der Waals surface area contributed by atoms with Crippen LogP contribution < -0.4 is 0 Å². The largest absolute Gasteiger partial charge is 0.477 e. The minimum Gasteiger partial charge on any atom is -0.477 e. The molecule has 0 rings (SSSR count). The monoisotopic (exact) mass is 1480 g/mol. The summed E-state index contributed by atoms with van der Waals surface area (Å²) in [5.41, 5.74) is 0. The molecule has 0 aromatic heterocycles. The Morgan fingerprint density at radius 1 is 0.280 bits per heavy atom. The summed E-state index contributed by atoms with van der Waals surface area (Å²) in [4.78, 5) is 37.8. The second-order valence-electron chi connectivity index (χ2n) is 28.7. The minimum absolute atomic E-state index is 0.177. The third-order valence-corrected chi connectivity index (χ3v) is 17.4. The lowest BCUT2D eigenvalue weighted by atomic mass is 10.0. The predicted octanol–water partition coefficient (Wildman–Crippen LogP) is 28.1. The molecule has 9 nitrogen and oxygen atoms in total. The molecule has 0 saturated heterocycles. The molecule has 0 amide bonds. The van der Waals surface area contributed by atoms with Gasteiger partial charge in [0, 0.05) is 12.8 Å². The number of carboxylic acid groups (broad SMARTS) is 1. The van der Waals surface area contributed by atoms with Gasteiger partial charge in [0.05, 0.1) is 34.4 Å². The second kappa shape index (κ2) is 85.0. The van der Waals surface area contributed by atoms with Gasteiger partial charge in [0.1, 0.15) is 13.2 Å². The summed E-state index contributed by atoms with van der Waals surface area (Å²) in [5.74, 6) is -2.02. The molecule has 1 N–H and O–H groups in total. The molecule has 2 unspecified atom stereocenters. The highest BCUT2D eigenvalue weighted by Gasteiger charge is 2.25. The number of quaternary nitrogens is 1. The van der Waals surface area contributed by atoms with Crippen molar-refractivity contribution in [3.63, 3.8) is 0 Å². The number of carbonyl (C=O) groups is 3. The molecule has 0 aliphatic rings. The zero-order valence-electron chi connectivity index (χ0n) is 68.7. The van der Waals surface area contributed by atoms with Crippen LogP contribution in [0.15, 0.2) is 231 Å².